The van der Waals surface area contributed by atoms with Crippen LogP contribution in [0.2, 0.25) is 0 Å². The van der Waals surface area contributed by atoms with E-state index in [1.807, 2.05) is 47.9 Å². The van der Waals surface area contributed by atoms with Crippen molar-refractivity contribution in [2.75, 3.05) is 11.9 Å². The summed E-state index contributed by atoms with van der Waals surface area (Å²) in [5.41, 5.74) is 9.60. The number of aryl methyl sites for hydroxylation is 2. The molecule has 34 heavy (non-hydrogen) atoms. The molecular formula is C25H22N4O4S. The van der Waals surface area contributed by atoms with Crippen molar-refractivity contribution in [2.45, 2.75) is 26.2 Å². The van der Waals surface area contributed by atoms with Crippen LogP contribution >= 0.6 is 11.3 Å². The molecule has 2 aromatic heterocycles. The zero-order valence-electron chi connectivity index (χ0n) is 18.5. The van der Waals surface area contributed by atoms with Gasteiger partial charge in [0.25, 0.3) is 11.8 Å². The number of rotatable bonds is 6. The monoisotopic (exact) mass is 474 g/mol. The normalized spacial score (nSPS) is 12.5. The number of benzene rings is 2. The van der Waals surface area contributed by atoms with Crippen LogP contribution in [0.3, 0.4) is 0 Å². The molecule has 0 bridgehead atoms. The third-order valence-electron chi connectivity index (χ3n) is 5.83. The number of esters is 1. The first-order valence-corrected chi connectivity index (χ1v) is 11.7. The van der Waals surface area contributed by atoms with Gasteiger partial charge < -0.3 is 15.8 Å². The van der Waals surface area contributed by atoms with E-state index in [0.29, 0.717) is 21.6 Å². The van der Waals surface area contributed by atoms with Gasteiger partial charge in [-0.3, -0.25) is 14.2 Å². The van der Waals surface area contributed by atoms with E-state index in [1.165, 1.54) is 11.3 Å². The Labute approximate surface area is 199 Å². The molecule has 0 fully saturated rings. The van der Waals surface area contributed by atoms with E-state index in [-0.39, 0.29) is 0 Å². The molecule has 2 amide bonds. The third kappa shape index (κ3) is 3.94. The molecule has 9 heteroatoms. The fraction of sp³-hybridized carbons (Fsp3) is 0.200. The summed E-state index contributed by atoms with van der Waals surface area (Å²) in [4.78, 5) is 42.5. The molecule has 8 nitrogen and oxygen atoms in total. The number of carbonyl (C=O) groups is 3. The molecule has 5 rings (SSSR count). The van der Waals surface area contributed by atoms with E-state index < -0.39 is 24.4 Å². The Morgan fingerprint density at radius 2 is 1.94 bits per heavy atom. The predicted octanol–water partition coefficient (Wildman–Crippen LogP) is 3.78. The van der Waals surface area contributed by atoms with Gasteiger partial charge in [0.1, 0.15) is 10.8 Å². The lowest BCUT2D eigenvalue weighted by Gasteiger charge is -2.08. The van der Waals surface area contributed by atoms with Crippen molar-refractivity contribution >= 4 is 45.2 Å². The Bertz CT molecular complexity index is 1440. The molecule has 2 aromatic carbocycles. The maximum atomic E-state index is 12.6. The van der Waals surface area contributed by atoms with Crippen molar-refractivity contribution in [1.29, 1.82) is 0 Å². The van der Waals surface area contributed by atoms with Gasteiger partial charge in [0, 0.05) is 10.6 Å². The second-order valence-electron chi connectivity index (χ2n) is 8.08. The van der Waals surface area contributed by atoms with Gasteiger partial charge in [-0.2, -0.15) is 0 Å². The zero-order valence-corrected chi connectivity index (χ0v) is 19.3. The van der Waals surface area contributed by atoms with Crippen LogP contribution in [0, 0.1) is 6.92 Å². The van der Waals surface area contributed by atoms with Crippen molar-refractivity contribution < 1.29 is 19.1 Å². The number of para-hydroxylation sites is 1. The molecule has 172 valence electrons. The van der Waals surface area contributed by atoms with Gasteiger partial charge in [0.2, 0.25) is 0 Å². The molecule has 0 unspecified atom stereocenters. The van der Waals surface area contributed by atoms with Crippen LogP contribution in [0.5, 0.6) is 0 Å². The summed E-state index contributed by atoms with van der Waals surface area (Å²) in [5, 5.41) is 3.09. The van der Waals surface area contributed by atoms with Gasteiger partial charge >= 0.3 is 5.97 Å². The molecule has 0 saturated carbocycles. The van der Waals surface area contributed by atoms with Gasteiger partial charge in [-0.15, -0.1) is 11.3 Å². The maximum absolute atomic E-state index is 12.6. The van der Waals surface area contributed by atoms with Crippen LogP contribution in [0.15, 0.2) is 48.5 Å². The number of imidazole rings is 1. The lowest BCUT2D eigenvalue weighted by molar-refractivity contribution is -0.119. The quantitative estimate of drug-likeness (QED) is 0.413. The topological polar surface area (TPSA) is 116 Å². The zero-order chi connectivity index (χ0) is 23.8. The number of thiophene rings is 1. The molecule has 0 spiro atoms. The largest absolute Gasteiger partial charge is 0.452 e. The average Bonchev–Trinajstić information content (AvgIpc) is 3.49. The van der Waals surface area contributed by atoms with E-state index in [1.54, 1.807) is 12.1 Å². The molecule has 1 aliphatic carbocycles. The Hall–Kier alpha value is -3.98. The lowest BCUT2D eigenvalue weighted by Crippen LogP contribution is -2.22. The first-order valence-electron chi connectivity index (χ1n) is 10.9. The number of carbonyl (C=O) groups excluding carboxylic acids is 3. The minimum atomic E-state index is -0.632. The summed E-state index contributed by atoms with van der Waals surface area (Å²) in [6, 6.07) is 14.9. The number of amides is 2. The fourth-order valence-electron chi connectivity index (χ4n) is 4.36. The molecule has 0 aliphatic heterocycles. The summed E-state index contributed by atoms with van der Waals surface area (Å²) < 4.78 is 7.22. The third-order valence-corrected chi connectivity index (χ3v) is 7.03. The molecule has 0 saturated heterocycles. The van der Waals surface area contributed by atoms with Crippen LogP contribution in [-0.4, -0.2) is 33.9 Å². The van der Waals surface area contributed by atoms with Gasteiger partial charge in [0.05, 0.1) is 22.2 Å². The maximum Gasteiger partial charge on any atom is 0.338 e. The smallest absolute Gasteiger partial charge is 0.338 e. The van der Waals surface area contributed by atoms with Crippen molar-refractivity contribution in [3.8, 4) is 5.69 Å². The highest BCUT2D eigenvalue weighted by Gasteiger charge is 2.26. The van der Waals surface area contributed by atoms with Gasteiger partial charge in [-0.25, -0.2) is 9.78 Å². The van der Waals surface area contributed by atoms with Crippen molar-refractivity contribution in [1.82, 2.24) is 9.55 Å². The van der Waals surface area contributed by atoms with Crippen LogP contribution in [0.25, 0.3) is 16.7 Å². The second kappa shape index (κ2) is 8.75. The Morgan fingerprint density at radius 3 is 2.71 bits per heavy atom. The minimum absolute atomic E-state index is 0.297. The molecule has 0 radical (unpaired) electrons. The number of aromatic nitrogens is 2. The number of nitrogens with two attached hydrogens (primary N) is 1. The highest BCUT2D eigenvalue weighted by atomic mass is 32.1. The number of nitrogens with one attached hydrogen (secondary N) is 1. The summed E-state index contributed by atoms with van der Waals surface area (Å²) in [5.74, 6) is -0.932. The Balaban J connectivity index is 1.28. The summed E-state index contributed by atoms with van der Waals surface area (Å²) in [6.45, 7) is 1.42. The summed E-state index contributed by atoms with van der Waals surface area (Å²) in [7, 11) is 0. The number of fused-ring (bicyclic) bond motifs is 2. The number of hydrogen-bond donors (Lipinski definition) is 2. The van der Waals surface area contributed by atoms with Crippen molar-refractivity contribution in [3.63, 3.8) is 0 Å². The molecular weight excluding hydrogens is 452 g/mol. The van der Waals surface area contributed by atoms with E-state index in [0.717, 1.165) is 46.7 Å². The minimum Gasteiger partial charge on any atom is -0.452 e. The standard InChI is InChI=1S/C25H22N4O4S/c1-14-27-18-12-15(10-11-19(18)29(14)16-6-3-2-4-7-16)25(32)33-13-21(30)28-24-22(23(26)31)17-8-5-9-20(17)34-24/h2-4,6-7,10-12H,5,8-9,13H2,1H3,(H2,26,31)(H,28,30). The Kier molecular flexibility index (Phi) is 5.62. The fourth-order valence-corrected chi connectivity index (χ4v) is 5.67. The van der Waals surface area contributed by atoms with Crippen LogP contribution in [0.4, 0.5) is 5.00 Å². The molecule has 0 atom stereocenters. The lowest BCUT2D eigenvalue weighted by atomic mass is 10.1. The number of primary amides is 1. The summed E-state index contributed by atoms with van der Waals surface area (Å²) in [6.07, 6.45) is 2.62. The SMILES string of the molecule is Cc1nc2cc(C(=O)OCC(=O)Nc3sc4c(c3C(N)=O)CCC4)ccc2n1-c1ccccc1. The highest BCUT2D eigenvalue weighted by Crippen LogP contribution is 2.38. The van der Waals surface area contributed by atoms with Crippen molar-refractivity contribution in [2.24, 2.45) is 5.73 Å². The average molecular weight is 475 g/mol. The van der Waals surface area contributed by atoms with E-state index in [2.05, 4.69) is 10.3 Å². The number of hydrogen-bond acceptors (Lipinski definition) is 6. The van der Waals surface area contributed by atoms with Crippen LogP contribution in [-0.2, 0) is 22.4 Å². The predicted molar refractivity (Wildman–Crippen MR) is 130 cm³/mol. The summed E-state index contributed by atoms with van der Waals surface area (Å²) >= 11 is 1.36. The molecule has 4 aromatic rings. The Morgan fingerprint density at radius 1 is 1.15 bits per heavy atom. The highest BCUT2D eigenvalue weighted by molar-refractivity contribution is 7.17. The van der Waals surface area contributed by atoms with Crippen LogP contribution in [0.1, 0.15) is 43.4 Å². The number of anilines is 1. The first kappa shape index (κ1) is 21.8. The van der Waals surface area contributed by atoms with E-state index >= 15 is 0 Å². The van der Waals surface area contributed by atoms with E-state index in [9.17, 15) is 14.4 Å². The number of nitrogens with zero attached hydrogens (tertiary/aromatic N) is 2. The van der Waals surface area contributed by atoms with Gasteiger partial charge in [0.15, 0.2) is 6.61 Å². The van der Waals surface area contributed by atoms with Crippen molar-refractivity contribution in [3.05, 3.63) is 75.9 Å². The second-order valence-corrected chi connectivity index (χ2v) is 9.19. The molecule has 3 N–H and O–H groups in total. The van der Waals surface area contributed by atoms with Crippen LogP contribution < -0.4 is 11.1 Å². The van der Waals surface area contributed by atoms with Gasteiger partial charge in [-0.1, -0.05) is 18.2 Å². The molecule has 2 heterocycles. The molecule has 1 aliphatic rings. The number of ether oxygens (including phenoxy) is 1. The first-order chi connectivity index (χ1) is 16.4. The van der Waals surface area contributed by atoms with E-state index in [4.69, 9.17) is 10.5 Å². The van der Waals surface area contributed by atoms with Gasteiger partial charge in [-0.05, 0) is 62.1 Å².